The van der Waals surface area contributed by atoms with E-state index < -0.39 is 0 Å². The summed E-state index contributed by atoms with van der Waals surface area (Å²) < 4.78 is 0. The fourth-order valence-electron chi connectivity index (χ4n) is 3.05. The van der Waals surface area contributed by atoms with Crippen LogP contribution < -0.4 is 10.6 Å². The lowest BCUT2D eigenvalue weighted by atomic mass is 9.98. The molecule has 1 heterocycles. The smallest absolute Gasteiger partial charge is 0.255 e. The van der Waals surface area contributed by atoms with Crippen LogP contribution in [0.15, 0.2) is 42.7 Å². The summed E-state index contributed by atoms with van der Waals surface area (Å²) >= 11 is 0. The number of aromatic nitrogens is 1. The second-order valence-corrected chi connectivity index (χ2v) is 7.13. The molecule has 0 saturated heterocycles. The molecule has 0 aliphatic heterocycles. The zero-order valence-electron chi connectivity index (χ0n) is 17.1. The van der Waals surface area contributed by atoms with E-state index in [0.29, 0.717) is 23.4 Å². The Hall–Kier alpha value is -3.20. The topological polar surface area (TPSA) is 94.9 Å². The second kappa shape index (κ2) is 11.6. The minimum Gasteiger partial charge on any atom is -0.326 e. The summed E-state index contributed by atoms with van der Waals surface area (Å²) in [6, 6.07) is 11.1. The molecule has 6 nitrogen and oxygen atoms in total. The van der Waals surface area contributed by atoms with Gasteiger partial charge in [-0.3, -0.25) is 14.6 Å². The molecular weight excluding hydrogens is 364 g/mol. The van der Waals surface area contributed by atoms with Crippen molar-refractivity contribution in [3.8, 4) is 6.07 Å². The highest BCUT2D eigenvalue weighted by atomic mass is 16.2. The lowest BCUT2D eigenvalue weighted by molar-refractivity contribution is -0.116. The normalized spacial score (nSPS) is 11.3. The highest BCUT2D eigenvalue weighted by molar-refractivity contribution is 6.05. The molecule has 0 aliphatic carbocycles. The largest absolute Gasteiger partial charge is 0.326 e. The van der Waals surface area contributed by atoms with Crippen molar-refractivity contribution in [2.24, 2.45) is 5.92 Å². The number of anilines is 2. The third-order valence-corrected chi connectivity index (χ3v) is 4.74. The number of aryl methyl sites for hydroxylation is 1. The van der Waals surface area contributed by atoms with E-state index in [9.17, 15) is 9.59 Å². The van der Waals surface area contributed by atoms with Crippen molar-refractivity contribution in [3.05, 3.63) is 53.9 Å². The first-order chi connectivity index (χ1) is 14.0. The number of pyridine rings is 1. The van der Waals surface area contributed by atoms with Crippen molar-refractivity contribution in [2.45, 2.75) is 52.4 Å². The zero-order valence-corrected chi connectivity index (χ0v) is 17.1. The molecule has 2 N–H and O–H groups in total. The van der Waals surface area contributed by atoms with Crippen LogP contribution in [0.3, 0.4) is 0 Å². The molecular formula is C23H28N4O2. The van der Waals surface area contributed by atoms with Gasteiger partial charge < -0.3 is 10.6 Å². The third kappa shape index (κ3) is 7.38. The number of nitrogens with one attached hydrogen (secondary N) is 2. The molecule has 1 unspecified atom stereocenters. The number of rotatable bonds is 10. The van der Waals surface area contributed by atoms with Gasteiger partial charge in [0.1, 0.15) is 0 Å². The number of hydrogen-bond acceptors (Lipinski definition) is 4. The molecule has 6 heteroatoms. The number of carbonyl (C=O) groups is 2. The number of nitrogens with zero attached hydrogens (tertiary/aromatic N) is 2. The van der Waals surface area contributed by atoms with E-state index in [-0.39, 0.29) is 17.7 Å². The van der Waals surface area contributed by atoms with Gasteiger partial charge in [0.15, 0.2) is 0 Å². The Kier molecular flexibility index (Phi) is 8.84. The SMILES string of the molecule is CCCC(C#N)CCCCC(=O)Nc1ccc(C)c(NC(=O)c2ccncc2)c1. The van der Waals surface area contributed by atoms with E-state index in [1.807, 2.05) is 19.1 Å². The molecule has 152 valence electrons. The molecule has 1 atom stereocenters. The third-order valence-electron chi connectivity index (χ3n) is 4.74. The van der Waals surface area contributed by atoms with Crippen LogP contribution in [-0.2, 0) is 4.79 Å². The molecule has 2 amide bonds. The van der Waals surface area contributed by atoms with Gasteiger partial charge in [-0.25, -0.2) is 0 Å². The van der Waals surface area contributed by atoms with E-state index in [1.54, 1.807) is 30.6 Å². The van der Waals surface area contributed by atoms with Gasteiger partial charge in [0.25, 0.3) is 5.91 Å². The van der Waals surface area contributed by atoms with Crippen LogP contribution in [0.5, 0.6) is 0 Å². The predicted octanol–water partition coefficient (Wildman–Crippen LogP) is 5.08. The summed E-state index contributed by atoms with van der Waals surface area (Å²) in [6.07, 6.45) is 7.94. The van der Waals surface area contributed by atoms with Gasteiger partial charge in [0, 0.05) is 41.7 Å². The Balaban J connectivity index is 1.86. The highest BCUT2D eigenvalue weighted by Gasteiger charge is 2.10. The summed E-state index contributed by atoms with van der Waals surface area (Å²) in [5.41, 5.74) is 2.73. The van der Waals surface area contributed by atoms with E-state index in [1.165, 1.54) is 0 Å². The Labute approximate surface area is 172 Å². The Morgan fingerprint density at radius 1 is 1.10 bits per heavy atom. The van der Waals surface area contributed by atoms with Crippen molar-refractivity contribution in [2.75, 3.05) is 10.6 Å². The van der Waals surface area contributed by atoms with Crippen LogP contribution in [0.4, 0.5) is 11.4 Å². The van der Waals surface area contributed by atoms with Crippen LogP contribution in [0.1, 0.15) is 61.4 Å². The Bertz CT molecular complexity index is 859. The predicted molar refractivity (Wildman–Crippen MR) is 114 cm³/mol. The van der Waals surface area contributed by atoms with E-state index >= 15 is 0 Å². The van der Waals surface area contributed by atoms with Crippen LogP contribution in [-0.4, -0.2) is 16.8 Å². The summed E-state index contributed by atoms with van der Waals surface area (Å²) in [7, 11) is 0. The van der Waals surface area contributed by atoms with Gasteiger partial charge in [-0.2, -0.15) is 5.26 Å². The average molecular weight is 393 g/mol. The Morgan fingerprint density at radius 2 is 1.86 bits per heavy atom. The van der Waals surface area contributed by atoms with Gasteiger partial charge >= 0.3 is 0 Å². The standard InChI is InChI=1S/C23H28N4O2/c1-3-6-18(16-24)7-4-5-8-22(28)26-20-10-9-17(2)21(15-20)27-23(29)19-11-13-25-14-12-19/h9-15,18H,3-8H2,1-2H3,(H,26,28)(H,27,29). The van der Waals surface area contributed by atoms with Crippen molar-refractivity contribution < 1.29 is 9.59 Å². The van der Waals surface area contributed by atoms with E-state index in [2.05, 4.69) is 28.6 Å². The fraction of sp³-hybridized carbons (Fsp3) is 0.391. The summed E-state index contributed by atoms with van der Waals surface area (Å²) in [5.74, 6) is -0.200. The van der Waals surface area contributed by atoms with Crippen LogP contribution in [0.25, 0.3) is 0 Å². The van der Waals surface area contributed by atoms with Crippen LogP contribution in [0, 0.1) is 24.2 Å². The van der Waals surface area contributed by atoms with E-state index in [4.69, 9.17) is 5.26 Å². The lowest BCUT2D eigenvalue weighted by Crippen LogP contribution is -2.14. The van der Waals surface area contributed by atoms with Crippen molar-refractivity contribution in [3.63, 3.8) is 0 Å². The number of hydrogen-bond donors (Lipinski definition) is 2. The average Bonchev–Trinajstić information content (AvgIpc) is 2.73. The lowest BCUT2D eigenvalue weighted by Gasteiger charge is -2.12. The minimum atomic E-state index is -0.224. The molecule has 1 aromatic heterocycles. The van der Waals surface area contributed by atoms with Crippen LogP contribution in [0.2, 0.25) is 0 Å². The van der Waals surface area contributed by atoms with E-state index in [0.717, 1.165) is 37.7 Å². The number of unbranched alkanes of at least 4 members (excludes halogenated alkanes) is 1. The molecule has 0 saturated carbocycles. The number of benzene rings is 1. The first-order valence-electron chi connectivity index (χ1n) is 10.0. The molecule has 0 fully saturated rings. The Morgan fingerprint density at radius 3 is 2.55 bits per heavy atom. The maximum atomic E-state index is 12.4. The molecule has 0 aliphatic rings. The second-order valence-electron chi connectivity index (χ2n) is 7.13. The molecule has 29 heavy (non-hydrogen) atoms. The first-order valence-corrected chi connectivity index (χ1v) is 10.0. The van der Waals surface area contributed by atoms with Gasteiger partial charge in [-0.05, 0) is 56.0 Å². The van der Waals surface area contributed by atoms with Crippen molar-refractivity contribution >= 4 is 23.2 Å². The molecule has 0 spiro atoms. The first kappa shape index (κ1) is 22.1. The van der Waals surface area contributed by atoms with Crippen LogP contribution >= 0.6 is 0 Å². The van der Waals surface area contributed by atoms with Gasteiger partial charge in [-0.15, -0.1) is 0 Å². The minimum absolute atomic E-state index is 0.0655. The molecule has 0 bridgehead atoms. The maximum absolute atomic E-state index is 12.4. The summed E-state index contributed by atoms with van der Waals surface area (Å²) in [6.45, 7) is 3.97. The van der Waals surface area contributed by atoms with Gasteiger partial charge in [-0.1, -0.05) is 25.8 Å². The van der Waals surface area contributed by atoms with Gasteiger partial charge in [0.2, 0.25) is 5.91 Å². The quantitative estimate of drug-likeness (QED) is 0.551. The maximum Gasteiger partial charge on any atom is 0.255 e. The summed E-state index contributed by atoms with van der Waals surface area (Å²) in [4.78, 5) is 28.5. The highest BCUT2D eigenvalue weighted by Crippen LogP contribution is 2.22. The number of carbonyl (C=O) groups excluding carboxylic acids is 2. The van der Waals surface area contributed by atoms with Crippen molar-refractivity contribution in [1.82, 2.24) is 4.98 Å². The number of amides is 2. The van der Waals surface area contributed by atoms with Crippen molar-refractivity contribution in [1.29, 1.82) is 5.26 Å². The molecule has 2 aromatic rings. The molecule has 0 radical (unpaired) electrons. The fourth-order valence-corrected chi connectivity index (χ4v) is 3.05. The zero-order chi connectivity index (χ0) is 21.1. The summed E-state index contributed by atoms with van der Waals surface area (Å²) in [5, 5.41) is 14.8. The number of nitriles is 1. The molecule has 2 rings (SSSR count). The molecule has 1 aromatic carbocycles. The van der Waals surface area contributed by atoms with Gasteiger partial charge in [0.05, 0.1) is 6.07 Å². The monoisotopic (exact) mass is 392 g/mol.